The molecule has 0 amide bonds. The summed E-state index contributed by atoms with van der Waals surface area (Å²) < 4.78 is 5.26. The van der Waals surface area contributed by atoms with Gasteiger partial charge in [-0.1, -0.05) is 42.5 Å². The third kappa shape index (κ3) is 3.48. The van der Waals surface area contributed by atoms with Crippen molar-refractivity contribution in [1.29, 1.82) is 0 Å². The van der Waals surface area contributed by atoms with Crippen LogP contribution in [0.15, 0.2) is 66.4 Å². The zero-order valence-corrected chi connectivity index (χ0v) is 11.6. The lowest BCUT2D eigenvalue weighted by molar-refractivity contribution is 0.104. The Labute approximate surface area is 118 Å². The van der Waals surface area contributed by atoms with Gasteiger partial charge in [-0.2, -0.15) is 0 Å². The third-order valence-electron chi connectivity index (χ3n) is 2.84. The molecule has 0 aliphatic heterocycles. The molecule has 0 saturated heterocycles. The second-order valence-electron chi connectivity index (χ2n) is 4.38. The van der Waals surface area contributed by atoms with Gasteiger partial charge in [-0.15, -0.1) is 0 Å². The number of carbonyl (C=O) groups excluding carboxylic acids is 1. The number of rotatable bonds is 5. The van der Waals surface area contributed by atoms with Crippen LogP contribution in [0.3, 0.4) is 0 Å². The van der Waals surface area contributed by atoms with Crippen LogP contribution >= 0.6 is 0 Å². The molecule has 3 nitrogen and oxygen atoms in total. The number of hydrogen-bond donors (Lipinski definition) is 1. The summed E-state index contributed by atoms with van der Waals surface area (Å²) in [7, 11) is 1.62. The van der Waals surface area contributed by atoms with Gasteiger partial charge >= 0.3 is 0 Å². The highest BCUT2D eigenvalue weighted by Gasteiger charge is 2.04. The summed E-state index contributed by atoms with van der Waals surface area (Å²) >= 11 is 0. The molecule has 0 aliphatic carbocycles. The molecule has 0 saturated carbocycles. The predicted octanol–water partition coefficient (Wildman–Crippen LogP) is 3.89. The summed E-state index contributed by atoms with van der Waals surface area (Å²) in [5.41, 5.74) is 2.28. The van der Waals surface area contributed by atoms with Gasteiger partial charge in [-0.05, 0) is 19.1 Å². The SMILES string of the molecule is COc1ccccc1N/C(C)=C/C(=O)c1ccccc1. The van der Waals surface area contributed by atoms with Gasteiger partial charge < -0.3 is 10.1 Å². The smallest absolute Gasteiger partial charge is 0.187 e. The highest BCUT2D eigenvalue weighted by molar-refractivity contribution is 6.05. The predicted molar refractivity (Wildman–Crippen MR) is 81.1 cm³/mol. The number of ether oxygens (including phenoxy) is 1. The Bertz CT molecular complexity index is 618. The summed E-state index contributed by atoms with van der Waals surface area (Å²) in [6.07, 6.45) is 1.59. The van der Waals surface area contributed by atoms with Crippen molar-refractivity contribution in [2.24, 2.45) is 0 Å². The van der Waals surface area contributed by atoms with Gasteiger partial charge in [-0.3, -0.25) is 4.79 Å². The zero-order chi connectivity index (χ0) is 14.4. The molecule has 2 aromatic carbocycles. The van der Waals surface area contributed by atoms with E-state index in [-0.39, 0.29) is 5.78 Å². The first-order chi connectivity index (χ1) is 9.70. The summed E-state index contributed by atoms with van der Waals surface area (Å²) in [5, 5.41) is 3.18. The molecule has 102 valence electrons. The molecule has 0 unspecified atom stereocenters. The van der Waals surface area contributed by atoms with Gasteiger partial charge in [0.15, 0.2) is 5.78 Å². The summed E-state index contributed by atoms with van der Waals surface area (Å²) in [6.45, 7) is 1.85. The van der Waals surface area contributed by atoms with Gasteiger partial charge in [-0.25, -0.2) is 0 Å². The number of hydrogen-bond acceptors (Lipinski definition) is 3. The summed E-state index contributed by atoms with van der Waals surface area (Å²) in [6, 6.07) is 16.8. The second kappa shape index (κ2) is 6.57. The van der Waals surface area contributed by atoms with Crippen molar-refractivity contribution >= 4 is 11.5 Å². The van der Waals surface area contributed by atoms with Crippen LogP contribution in [0.25, 0.3) is 0 Å². The molecule has 2 aromatic rings. The first kappa shape index (κ1) is 13.9. The monoisotopic (exact) mass is 267 g/mol. The molecule has 0 aromatic heterocycles. The quantitative estimate of drug-likeness (QED) is 0.659. The average molecular weight is 267 g/mol. The molecule has 0 spiro atoms. The number of methoxy groups -OCH3 is 1. The molecule has 0 bridgehead atoms. The Balaban J connectivity index is 2.13. The molecule has 20 heavy (non-hydrogen) atoms. The molecule has 0 fully saturated rings. The molecular formula is C17H17NO2. The lowest BCUT2D eigenvalue weighted by Gasteiger charge is -2.10. The van der Waals surface area contributed by atoms with Crippen LogP contribution < -0.4 is 10.1 Å². The number of anilines is 1. The van der Waals surface area contributed by atoms with Crippen LogP contribution in [0.1, 0.15) is 17.3 Å². The van der Waals surface area contributed by atoms with Gasteiger partial charge in [0.05, 0.1) is 12.8 Å². The number of benzene rings is 2. The standard InChI is InChI=1S/C17H17NO2/c1-13(12-16(19)14-8-4-3-5-9-14)18-15-10-6-7-11-17(15)20-2/h3-12,18H,1-2H3/b13-12+. The molecule has 0 atom stereocenters. The fourth-order valence-corrected chi connectivity index (χ4v) is 1.88. The largest absolute Gasteiger partial charge is 0.495 e. The molecule has 3 heteroatoms. The van der Waals surface area contributed by atoms with E-state index < -0.39 is 0 Å². The van der Waals surface area contributed by atoms with E-state index in [1.165, 1.54) is 0 Å². The Morgan fingerprint density at radius 3 is 2.40 bits per heavy atom. The van der Waals surface area contributed by atoms with Crippen molar-refractivity contribution in [3.8, 4) is 5.75 Å². The molecule has 0 radical (unpaired) electrons. The minimum atomic E-state index is -0.0227. The van der Waals surface area contributed by atoms with Crippen molar-refractivity contribution in [3.63, 3.8) is 0 Å². The maximum Gasteiger partial charge on any atom is 0.187 e. The third-order valence-corrected chi connectivity index (χ3v) is 2.84. The van der Waals surface area contributed by atoms with Gasteiger partial charge in [0.2, 0.25) is 0 Å². The van der Waals surface area contributed by atoms with Crippen molar-refractivity contribution < 1.29 is 9.53 Å². The fourth-order valence-electron chi connectivity index (χ4n) is 1.88. The van der Waals surface area contributed by atoms with E-state index >= 15 is 0 Å². The average Bonchev–Trinajstić information content (AvgIpc) is 2.48. The maximum absolute atomic E-state index is 12.1. The van der Waals surface area contributed by atoms with Crippen molar-refractivity contribution in [2.45, 2.75) is 6.92 Å². The topological polar surface area (TPSA) is 38.3 Å². The normalized spacial score (nSPS) is 11.0. The number of carbonyl (C=O) groups is 1. The van der Waals surface area contributed by atoms with Crippen LogP contribution in [-0.2, 0) is 0 Å². The molecule has 1 N–H and O–H groups in total. The molecule has 0 aliphatic rings. The first-order valence-corrected chi connectivity index (χ1v) is 6.38. The highest BCUT2D eigenvalue weighted by Crippen LogP contribution is 2.24. The van der Waals surface area contributed by atoms with E-state index in [0.29, 0.717) is 5.56 Å². The van der Waals surface area contributed by atoms with E-state index in [0.717, 1.165) is 17.1 Å². The van der Waals surface area contributed by atoms with E-state index in [2.05, 4.69) is 5.32 Å². The van der Waals surface area contributed by atoms with E-state index in [9.17, 15) is 4.79 Å². The van der Waals surface area contributed by atoms with Gasteiger partial charge in [0.1, 0.15) is 5.75 Å². The van der Waals surface area contributed by atoms with Crippen LogP contribution in [0.4, 0.5) is 5.69 Å². The number of ketones is 1. The lowest BCUT2D eigenvalue weighted by atomic mass is 10.1. The maximum atomic E-state index is 12.1. The summed E-state index contributed by atoms with van der Waals surface area (Å²) in [4.78, 5) is 12.1. The fraction of sp³-hybridized carbons (Fsp3) is 0.118. The van der Waals surface area contributed by atoms with Crippen molar-refractivity contribution in [3.05, 3.63) is 71.9 Å². The number of nitrogens with one attached hydrogen (secondary N) is 1. The summed E-state index contributed by atoms with van der Waals surface area (Å²) in [5.74, 6) is 0.720. The molecule has 2 rings (SSSR count). The van der Waals surface area contributed by atoms with Crippen LogP contribution in [0.2, 0.25) is 0 Å². The van der Waals surface area contributed by atoms with E-state index in [4.69, 9.17) is 4.74 Å². The first-order valence-electron chi connectivity index (χ1n) is 6.38. The lowest BCUT2D eigenvalue weighted by Crippen LogP contribution is -2.02. The Morgan fingerprint density at radius 2 is 1.70 bits per heavy atom. The Kier molecular flexibility index (Phi) is 4.56. The van der Waals surface area contributed by atoms with E-state index in [1.54, 1.807) is 25.3 Å². The Morgan fingerprint density at radius 1 is 1.05 bits per heavy atom. The zero-order valence-electron chi connectivity index (χ0n) is 11.6. The second-order valence-corrected chi connectivity index (χ2v) is 4.38. The van der Waals surface area contributed by atoms with Crippen LogP contribution in [0.5, 0.6) is 5.75 Å². The molecular weight excluding hydrogens is 250 g/mol. The number of allylic oxidation sites excluding steroid dienone is 2. The van der Waals surface area contributed by atoms with Crippen molar-refractivity contribution in [1.82, 2.24) is 0 Å². The van der Waals surface area contributed by atoms with Gasteiger partial charge in [0, 0.05) is 17.3 Å². The van der Waals surface area contributed by atoms with Crippen molar-refractivity contribution in [2.75, 3.05) is 12.4 Å². The number of para-hydroxylation sites is 2. The van der Waals surface area contributed by atoms with Gasteiger partial charge in [0.25, 0.3) is 0 Å². The van der Waals surface area contributed by atoms with Crippen LogP contribution in [-0.4, -0.2) is 12.9 Å². The minimum Gasteiger partial charge on any atom is -0.495 e. The molecule has 0 heterocycles. The van der Waals surface area contributed by atoms with E-state index in [1.807, 2.05) is 49.4 Å². The highest BCUT2D eigenvalue weighted by atomic mass is 16.5. The Hall–Kier alpha value is -2.55. The minimum absolute atomic E-state index is 0.0227. The van der Waals surface area contributed by atoms with Crippen LogP contribution in [0, 0.1) is 0 Å².